The van der Waals surface area contributed by atoms with E-state index in [1.54, 1.807) is 0 Å². The second-order valence-corrected chi connectivity index (χ2v) is 5.98. The van der Waals surface area contributed by atoms with Gasteiger partial charge in [-0.3, -0.25) is 0 Å². The van der Waals surface area contributed by atoms with Crippen LogP contribution in [-0.4, -0.2) is 0 Å². The summed E-state index contributed by atoms with van der Waals surface area (Å²) in [6, 6.07) is 0. The van der Waals surface area contributed by atoms with Crippen LogP contribution in [0.3, 0.4) is 0 Å². The fourth-order valence-electron chi connectivity index (χ4n) is 2.21. The molecule has 0 bridgehead atoms. The maximum Gasteiger partial charge on any atom is -0.0259 e. The molecular formula is C16H30. The molecule has 0 aliphatic carbocycles. The van der Waals surface area contributed by atoms with Gasteiger partial charge in [-0.25, -0.2) is 0 Å². The molecule has 0 rings (SSSR count). The lowest BCUT2D eigenvalue weighted by atomic mass is 9.80. The molecule has 94 valence electrons. The van der Waals surface area contributed by atoms with Crippen molar-refractivity contribution in [1.29, 1.82) is 0 Å². The highest BCUT2D eigenvalue weighted by atomic mass is 14.2. The second-order valence-electron chi connectivity index (χ2n) is 5.98. The standard InChI is InChI=1S/C16H30/c1-7-10-15(4)11-9-12-16(5,6)13-14(3)8-2/h8-9,11,14-15H,2,7,10,12-13H2,1,3-6H3. The van der Waals surface area contributed by atoms with Gasteiger partial charge in [0.2, 0.25) is 0 Å². The number of hydrogen-bond acceptors (Lipinski definition) is 0. The summed E-state index contributed by atoms with van der Waals surface area (Å²) in [5, 5.41) is 0. The Hall–Kier alpha value is -0.520. The van der Waals surface area contributed by atoms with Gasteiger partial charge in [0.1, 0.15) is 0 Å². The normalized spacial score (nSPS) is 16.3. The van der Waals surface area contributed by atoms with Crippen LogP contribution in [0, 0.1) is 17.3 Å². The van der Waals surface area contributed by atoms with Crippen molar-refractivity contribution in [2.75, 3.05) is 0 Å². The zero-order chi connectivity index (χ0) is 12.6. The maximum atomic E-state index is 3.86. The molecule has 0 amide bonds. The molecule has 0 N–H and O–H groups in total. The highest BCUT2D eigenvalue weighted by Gasteiger charge is 2.18. The Morgan fingerprint density at radius 3 is 2.31 bits per heavy atom. The smallest absolute Gasteiger partial charge is 0.0259 e. The zero-order valence-electron chi connectivity index (χ0n) is 11.9. The van der Waals surface area contributed by atoms with E-state index < -0.39 is 0 Å². The molecule has 0 aromatic heterocycles. The van der Waals surface area contributed by atoms with Crippen LogP contribution in [0.25, 0.3) is 0 Å². The number of hydrogen-bond donors (Lipinski definition) is 0. The zero-order valence-corrected chi connectivity index (χ0v) is 11.9. The molecule has 0 nitrogen and oxygen atoms in total. The molecule has 0 aromatic carbocycles. The third-order valence-electron chi connectivity index (χ3n) is 3.16. The Bertz CT molecular complexity index is 210. The quantitative estimate of drug-likeness (QED) is 0.468. The summed E-state index contributed by atoms with van der Waals surface area (Å²) in [5.74, 6) is 1.36. The summed E-state index contributed by atoms with van der Waals surface area (Å²) >= 11 is 0. The largest absolute Gasteiger partial charge is 0.103 e. The molecule has 0 heterocycles. The fourth-order valence-corrected chi connectivity index (χ4v) is 2.21. The molecule has 0 heteroatoms. The van der Waals surface area contributed by atoms with E-state index in [0.717, 1.165) is 5.92 Å². The van der Waals surface area contributed by atoms with Crippen LogP contribution in [0.4, 0.5) is 0 Å². The summed E-state index contributed by atoms with van der Waals surface area (Å²) in [6.45, 7) is 15.4. The van der Waals surface area contributed by atoms with Crippen LogP contribution < -0.4 is 0 Å². The predicted octanol–water partition coefficient (Wildman–Crippen LogP) is 5.61. The van der Waals surface area contributed by atoms with Gasteiger partial charge >= 0.3 is 0 Å². The van der Waals surface area contributed by atoms with Crippen molar-refractivity contribution < 1.29 is 0 Å². The first kappa shape index (κ1) is 15.5. The van der Waals surface area contributed by atoms with Gasteiger partial charge < -0.3 is 0 Å². The molecular weight excluding hydrogens is 192 g/mol. The van der Waals surface area contributed by atoms with Gasteiger partial charge in [-0.05, 0) is 36.5 Å². The monoisotopic (exact) mass is 222 g/mol. The Labute approximate surface area is 103 Å². The average molecular weight is 222 g/mol. The highest BCUT2D eigenvalue weighted by Crippen LogP contribution is 2.30. The van der Waals surface area contributed by atoms with Crippen LogP contribution in [0.15, 0.2) is 24.8 Å². The van der Waals surface area contributed by atoms with Crippen molar-refractivity contribution in [1.82, 2.24) is 0 Å². The topological polar surface area (TPSA) is 0 Å². The summed E-state index contributed by atoms with van der Waals surface area (Å²) in [7, 11) is 0. The van der Waals surface area contributed by atoms with Crippen LogP contribution in [0.1, 0.15) is 60.3 Å². The van der Waals surface area contributed by atoms with Gasteiger partial charge in [0.25, 0.3) is 0 Å². The third-order valence-corrected chi connectivity index (χ3v) is 3.16. The minimum absolute atomic E-state index is 0.399. The van der Waals surface area contributed by atoms with Gasteiger partial charge in [0.05, 0.1) is 0 Å². The van der Waals surface area contributed by atoms with Gasteiger partial charge in [0.15, 0.2) is 0 Å². The Balaban J connectivity index is 4.01. The van der Waals surface area contributed by atoms with Gasteiger partial charge in [-0.1, -0.05) is 59.3 Å². The minimum atomic E-state index is 0.399. The fraction of sp³-hybridized carbons (Fsp3) is 0.750. The molecule has 0 spiro atoms. The first-order chi connectivity index (χ1) is 7.41. The van der Waals surface area contributed by atoms with E-state index in [9.17, 15) is 0 Å². The highest BCUT2D eigenvalue weighted by molar-refractivity contribution is 4.92. The summed E-state index contributed by atoms with van der Waals surface area (Å²) in [4.78, 5) is 0. The van der Waals surface area contributed by atoms with Gasteiger partial charge in [-0.15, -0.1) is 6.58 Å². The second kappa shape index (κ2) is 7.70. The Kier molecular flexibility index (Phi) is 7.45. The van der Waals surface area contributed by atoms with Crippen LogP contribution in [-0.2, 0) is 0 Å². The SMILES string of the molecule is C=CC(C)CC(C)(C)CC=CC(C)CCC. The Morgan fingerprint density at radius 1 is 1.19 bits per heavy atom. The molecule has 2 atom stereocenters. The first-order valence-electron chi connectivity index (χ1n) is 6.70. The summed E-state index contributed by atoms with van der Waals surface area (Å²) < 4.78 is 0. The Morgan fingerprint density at radius 2 is 1.81 bits per heavy atom. The van der Waals surface area contributed by atoms with Gasteiger partial charge in [-0.2, -0.15) is 0 Å². The summed E-state index contributed by atoms with van der Waals surface area (Å²) in [6.07, 6.45) is 11.8. The van der Waals surface area contributed by atoms with E-state index in [-0.39, 0.29) is 0 Å². The van der Waals surface area contributed by atoms with E-state index in [2.05, 4.69) is 59.4 Å². The van der Waals surface area contributed by atoms with E-state index in [1.165, 1.54) is 25.7 Å². The van der Waals surface area contributed by atoms with Crippen molar-refractivity contribution in [3.05, 3.63) is 24.8 Å². The molecule has 0 aromatic rings. The predicted molar refractivity (Wildman–Crippen MR) is 75.6 cm³/mol. The van der Waals surface area contributed by atoms with Crippen molar-refractivity contribution in [3.8, 4) is 0 Å². The molecule has 0 saturated carbocycles. The number of allylic oxidation sites excluding steroid dienone is 3. The van der Waals surface area contributed by atoms with Crippen LogP contribution in [0.2, 0.25) is 0 Å². The lowest BCUT2D eigenvalue weighted by molar-refractivity contribution is 0.304. The first-order valence-corrected chi connectivity index (χ1v) is 6.70. The van der Waals surface area contributed by atoms with Crippen molar-refractivity contribution >= 4 is 0 Å². The van der Waals surface area contributed by atoms with E-state index >= 15 is 0 Å². The molecule has 0 aliphatic heterocycles. The lowest BCUT2D eigenvalue weighted by Crippen LogP contribution is -2.13. The van der Waals surface area contributed by atoms with E-state index in [1.807, 2.05) is 0 Å². The third kappa shape index (κ3) is 7.73. The van der Waals surface area contributed by atoms with Crippen LogP contribution >= 0.6 is 0 Å². The van der Waals surface area contributed by atoms with Gasteiger partial charge in [0, 0.05) is 0 Å². The number of rotatable bonds is 8. The molecule has 2 unspecified atom stereocenters. The van der Waals surface area contributed by atoms with Crippen LogP contribution in [0.5, 0.6) is 0 Å². The van der Waals surface area contributed by atoms with Crippen molar-refractivity contribution in [3.63, 3.8) is 0 Å². The van der Waals surface area contributed by atoms with E-state index in [0.29, 0.717) is 11.3 Å². The molecule has 0 saturated heterocycles. The molecule has 0 aliphatic rings. The van der Waals surface area contributed by atoms with E-state index in [4.69, 9.17) is 0 Å². The van der Waals surface area contributed by atoms with Crippen molar-refractivity contribution in [2.45, 2.75) is 60.3 Å². The maximum absolute atomic E-state index is 3.86. The average Bonchev–Trinajstić information content (AvgIpc) is 2.16. The summed E-state index contributed by atoms with van der Waals surface area (Å²) in [5.41, 5.74) is 0.399. The van der Waals surface area contributed by atoms with Crippen molar-refractivity contribution in [2.24, 2.45) is 17.3 Å². The molecule has 0 fully saturated rings. The molecule has 0 radical (unpaired) electrons. The minimum Gasteiger partial charge on any atom is -0.103 e. The lowest BCUT2D eigenvalue weighted by Gasteiger charge is -2.25. The molecule has 16 heavy (non-hydrogen) atoms.